The van der Waals surface area contributed by atoms with E-state index in [9.17, 15) is 0 Å². The van der Waals surface area contributed by atoms with E-state index in [1.807, 2.05) is 4.90 Å². The predicted octanol–water partition coefficient (Wildman–Crippen LogP) is 1.47. The minimum Gasteiger partial charge on any atom is -0.370 e. The highest BCUT2D eigenvalue weighted by Crippen LogP contribution is 2.29. The number of rotatable bonds is 2. The van der Waals surface area contributed by atoms with Crippen LogP contribution in [0.2, 0.25) is 0 Å². The number of guanidine groups is 1. The molecule has 2 fully saturated rings. The first-order chi connectivity index (χ1) is 8.20. The van der Waals surface area contributed by atoms with Crippen molar-refractivity contribution in [3.63, 3.8) is 0 Å². The third-order valence-electron chi connectivity index (χ3n) is 4.56. The lowest BCUT2D eigenvalue weighted by Gasteiger charge is -2.42. The lowest BCUT2D eigenvalue weighted by Crippen LogP contribution is -2.54. The van der Waals surface area contributed by atoms with E-state index in [4.69, 9.17) is 11.1 Å². The summed E-state index contributed by atoms with van der Waals surface area (Å²) in [6.45, 7) is 6.35. The molecule has 0 unspecified atom stereocenters. The van der Waals surface area contributed by atoms with Gasteiger partial charge >= 0.3 is 0 Å². The molecule has 0 aromatic heterocycles. The lowest BCUT2D eigenvalue weighted by atomic mass is 9.84. The molecule has 0 aromatic rings. The number of piperazine rings is 1. The molecule has 4 nitrogen and oxygen atoms in total. The molecule has 17 heavy (non-hydrogen) atoms. The van der Waals surface area contributed by atoms with Crippen LogP contribution in [0.25, 0.3) is 0 Å². The summed E-state index contributed by atoms with van der Waals surface area (Å²) in [5, 5.41) is 7.44. The van der Waals surface area contributed by atoms with E-state index in [2.05, 4.69) is 11.8 Å². The Balaban J connectivity index is 1.76. The first kappa shape index (κ1) is 12.7. The number of nitrogens with two attached hydrogens (primary N) is 1. The number of nitrogens with zero attached hydrogens (tertiary/aromatic N) is 2. The zero-order valence-corrected chi connectivity index (χ0v) is 11.0. The fourth-order valence-electron chi connectivity index (χ4n) is 3.25. The van der Waals surface area contributed by atoms with Gasteiger partial charge in [-0.15, -0.1) is 0 Å². The first-order valence-electron chi connectivity index (χ1n) is 7.03. The molecule has 0 aromatic carbocycles. The zero-order chi connectivity index (χ0) is 12.3. The fourth-order valence-corrected chi connectivity index (χ4v) is 3.25. The van der Waals surface area contributed by atoms with Gasteiger partial charge in [-0.25, -0.2) is 0 Å². The van der Waals surface area contributed by atoms with Crippen molar-refractivity contribution in [3.05, 3.63) is 0 Å². The van der Waals surface area contributed by atoms with Gasteiger partial charge in [-0.2, -0.15) is 0 Å². The molecule has 0 bridgehead atoms. The smallest absolute Gasteiger partial charge is 0.188 e. The molecular formula is C13H26N4. The van der Waals surface area contributed by atoms with Gasteiger partial charge in [-0.05, 0) is 31.6 Å². The molecule has 0 amide bonds. The van der Waals surface area contributed by atoms with E-state index in [-0.39, 0.29) is 5.96 Å². The Morgan fingerprint density at radius 2 is 1.71 bits per heavy atom. The van der Waals surface area contributed by atoms with Crippen LogP contribution in [0.15, 0.2) is 0 Å². The number of hydrogen-bond acceptors (Lipinski definition) is 2. The van der Waals surface area contributed by atoms with E-state index in [1.54, 1.807) is 0 Å². The molecule has 2 aliphatic rings. The van der Waals surface area contributed by atoms with Crippen LogP contribution in [0.5, 0.6) is 0 Å². The SMILES string of the molecule is CCC1CCC(N2CCN(C(=N)N)CC2)CC1. The van der Waals surface area contributed by atoms with Crippen LogP contribution in [0.4, 0.5) is 0 Å². The maximum absolute atomic E-state index is 7.44. The monoisotopic (exact) mass is 238 g/mol. The molecule has 0 radical (unpaired) electrons. The van der Waals surface area contributed by atoms with Crippen LogP contribution in [0.3, 0.4) is 0 Å². The van der Waals surface area contributed by atoms with E-state index in [1.165, 1.54) is 32.1 Å². The molecule has 2 rings (SSSR count). The highest BCUT2D eigenvalue weighted by molar-refractivity contribution is 5.74. The van der Waals surface area contributed by atoms with Crippen LogP contribution < -0.4 is 5.73 Å². The second kappa shape index (κ2) is 5.71. The highest BCUT2D eigenvalue weighted by atomic mass is 15.3. The Hall–Kier alpha value is -0.770. The van der Waals surface area contributed by atoms with Crippen molar-refractivity contribution >= 4 is 5.96 Å². The molecule has 3 N–H and O–H groups in total. The molecule has 1 saturated carbocycles. The summed E-state index contributed by atoms with van der Waals surface area (Å²) < 4.78 is 0. The second-order valence-corrected chi connectivity index (χ2v) is 5.49. The Bertz CT molecular complexity index is 250. The van der Waals surface area contributed by atoms with Crippen LogP contribution >= 0.6 is 0 Å². The standard InChI is InChI=1S/C13H26N4/c1-2-11-3-5-12(6-4-11)16-7-9-17(10-8-16)13(14)15/h11-12H,2-10H2,1H3,(H3,14,15). The summed E-state index contributed by atoms with van der Waals surface area (Å²) >= 11 is 0. The average molecular weight is 238 g/mol. The van der Waals surface area contributed by atoms with Crippen LogP contribution in [0, 0.1) is 11.3 Å². The summed E-state index contributed by atoms with van der Waals surface area (Å²) in [6.07, 6.45) is 6.92. The number of hydrogen-bond donors (Lipinski definition) is 2. The van der Waals surface area contributed by atoms with Crippen molar-refractivity contribution in [1.29, 1.82) is 5.41 Å². The average Bonchev–Trinajstić information content (AvgIpc) is 2.39. The summed E-state index contributed by atoms with van der Waals surface area (Å²) in [5.74, 6) is 1.21. The zero-order valence-electron chi connectivity index (χ0n) is 11.0. The van der Waals surface area contributed by atoms with Crippen molar-refractivity contribution in [2.45, 2.75) is 45.1 Å². The van der Waals surface area contributed by atoms with Crippen LogP contribution in [0.1, 0.15) is 39.0 Å². The Labute approximate surface area is 105 Å². The van der Waals surface area contributed by atoms with Gasteiger partial charge in [0.2, 0.25) is 0 Å². The Morgan fingerprint density at radius 3 is 2.18 bits per heavy atom. The third kappa shape index (κ3) is 3.12. The molecule has 1 aliphatic heterocycles. The largest absolute Gasteiger partial charge is 0.370 e. The van der Waals surface area contributed by atoms with Gasteiger partial charge < -0.3 is 10.6 Å². The van der Waals surface area contributed by atoms with Crippen molar-refractivity contribution < 1.29 is 0 Å². The third-order valence-corrected chi connectivity index (χ3v) is 4.56. The van der Waals surface area contributed by atoms with E-state index < -0.39 is 0 Å². The predicted molar refractivity (Wildman–Crippen MR) is 71.1 cm³/mol. The van der Waals surface area contributed by atoms with Gasteiger partial charge in [-0.1, -0.05) is 13.3 Å². The van der Waals surface area contributed by atoms with E-state index in [0.717, 1.165) is 38.1 Å². The van der Waals surface area contributed by atoms with Gasteiger partial charge in [0, 0.05) is 32.2 Å². The molecule has 4 heteroatoms. The lowest BCUT2D eigenvalue weighted by molar-refractivity contribution is 0.0937. The molecule has 1 aliphatic carbocycles. The summed E-state index contributed by atoms with van der Waals surface area (Å²) in [7, 11) is 0. The minimum absolute atomic E-state index is 0.236. The van der Waals surface area contributed by atoms with Crippen molar-refractivity contribution in [2.24, 2.45) is 11.7 Å². The fraction of sp³-hybridized carbons (Fsp3) is 0.923. The van der Waals surface area contributed by atoms with Crippen molar-refractivity contribution in [2.75, 3.05) is 26.2 Å². The van der Waals surface area contributed by atoms with Gasteiger partial charge in [0.15, 0.2) is 5.96 Å². The minimum atomic E-state index is 0.236. The maximum atomic E-state index is 7.44. The normalized spacial score (nSPS) is 31.5. The summed E-state index contributed by atoms with van der Waals surface area (Å²) in [5.41, 5.74) is 5.52. The van der Waals surface area contributed by atoms with Gasteiger partial charge in [0.1, 0.15) is 0 Å². The molecule has 0 atom stereocenters. The number of nitrogens with one attached hydrogen (secondary N) is 1. The Kier molecular flexibility index (Phi) is 4.26. The van der Waals surface area contributed by atoms with Crippen LogP contribution in [-0.2, 0) is 0 Å². The molecule has 98 valence electrons. The van der Waals surface area contributed by atoms with Gasteiger partial charge in [0.05, 0.1) is 0 Å². The summed E-state index contributed by atoms with van der Waals surface area (Å²) in [4.78, 5) is 4.60. The van der Waals surface area contributed by atoms with E-state index in [0.29, 0.717) is 0 Å². The molecule has 1 heterocycles. The highest BCUT2D eigenvalue weighted by Gasteiger charge is 2.27. The quantitative estimate of drug-likeness (QED) is 0.566. The second-order valence-electron chi connectivity index (χ2n) is 5.49. The topological polar surface area (TPSA) is 56.4 Å². The van der Waals surface area contributed by atoms with E-state index >= 15 is 0 Å². The van der Waals surface area contributed by atoms with Crippen LogP contribution in [-0.4, -0.2) is 48.0 Å². The Morgan fingerprint density at radius 1 is 1.12 bits per heavy atom. The van der Waals surface area contributed by atoms with Crippen molar-refractivity contribution in [1.82, 2.24) is 9.80 Å². The first-order valence-corrected chi connectivity index (χ1v) is 7.03. The maximum Gasteiger partial charge on any atom is 0.188 e. The van der Waals surface area contributed by atoms with Crippen molar-refractivity contribution in [3.8, 4) is 0 Å². The van der Waals surface area contributed by atoms with Gasteiger partial charge in [-0.3, -0.25) is 10.3 Å². The summed E-state index contributed by atoms with van der Waals surface area (Å²) in [6, 6.07) is 0.798. The molecular weight excluding hydrogens is 212 g/mol. The molecule has 1 saturated heterocycles. The van der Waals surface area contributed by atoms with Gasteiger partial charge in [0.25, 0.3) is 0 Å². The molecule has 0 spiro atoms.